The molecule has 2 heterocycles. The number of aromatic amines is 1. The zero-order valence-electron chi connectivity index (χ0n) is 13.5. The molecule has 0 unspecified atom stereocenters. The first-order chi connectivity index (χ1) is 12.0. The predicted molar refractivity (Wildman–Crippen MR) is 98.7 cm³/mol. The van der Waals surface area contributed by atoms with Crippen LogP contribution < -0.4 is 28.3 Å². The number of benzene rings is 1. The standard InChI is InChI=1S/C15H14N6O2.CH5N/c16-11-4-8(5-12(17)21-11)7-1-2-9-10(3-7)20-15(19-6-22)13(9)14(18)23;1-2/h1-6,20H,(H2,18,23)(H,19,22)(H4,16,17,21);2H2,1H3. The van der Waals surface area contributed by atoms with Crippen molar-refractivity contribution in [1.82, 2.24) is 9.97 Å². The molecule has 0 aliphatic rings. The fourth-order valence-corrected chi connectivity index (χ4v) is 2.54. The van der Waals surface area contributed by atoms with E-state index in [1.807, 2.05) is 12.1 Å². The summed E-state index contributed by atoms with van der Waals surface area (Å²) in [5.74, 6) is 0.250. The van der Waals surface area contributed by atoms with Gasteiger partial charge in [0.05, 0.1) is 5.56 Å². The summed E-state index contributed by atoms with van der Waals surface area (Å²) >= 11 is 0. The van der Waals surface area contributed by atoms with Gasteiger partial charge in [0.25, 0.3) is 5.91 Å². The average molecular weight is 341 g/mol. The summed E-state index contributed by atoms with van der Waals surface area (Å²) in [5, 5.41) is 3.05. The van der Waals surface area contributed by atoms with Crippen LogP contribution in [0.1, 0.15) is 10.4 Å². The van der Waals surface area contributed by atoms with Gasteiger partial charge < -0.3 is 33.2 Å². The number of anilines is 3. The number of H-pyrrole nitrogens is 1. The molecule has 0 fully saturated rings. The van der Waals surface area contributed by atoms with Gasteiger partial charge in [0.15, 0.2) is 0 Å². The van der Waals surface area contributed by atoms with Gasteiger partial charge in [-0.1, -0.05) is 12.1 Å². The normalized spacial score (nSPS) is 10.0. The van der Waals surface area contributed by atoms with Gasteiger partial charge in [-0.25, -0.2) is 4.98 Å². The molecule has 9 nitrogen and oxygen atoms in total. The van der Waals surface area contributed by atoms with Gasteiger partial charge >= 0.3 is 0 Å². The van der Waals surface area contributed by atoms with Crippen LogP contribution in [0.5, 0.6) is 0 Å². The fraction of sp³-hybridized carbons (Fsp3) is 0.0625. The average Bonchev–Trinajstić information content (AvgIpc) is 2.93. The number of pyridine rings is 1. The molecule has 0 radical (unpaired) electrons. The van der Waals surface area contributed by atoms with Crippen LogP contribution >= 0.6 is 0 Å². The third kappa shape index (κ3) is 3.51. The van der Waals surface area contributed by atoms with Crippen molar-refractivity contribution in [2.45, 2.75) is 0 Å². The van der Waals surface area contributed by atoms with E-state index in [1.165, 1.54) is 7.05 Å². The lowest BCUT2D eigenvalue weighted by Crippen LogP contribution is -2.13. The second-order valence-electron chi connectivity index (χ2n) is 4.97. The molecule has 0 saturated heterocycles. The minimum atomic E-state index is -0.634. The number of nitrogens with zero attached hydrogens (tertiary/aromatic N) is 1. The topological polar surface area (TPSA) is 179 Å². The number of hydrogen-bond donors (Lipinski definition) is 6. The summed E-state index contributed by atoms with van der Waals surface area (Å²) in [6.45, 7) is 0. The number of nitrogens with one attached hydrogen (secondary N) is 2. The maximum atomic E-state index is 11.6. The SMILES string of the molecule is CN.NC(=O)c1c(NC=O)[nH]c2cc(-c3cc(N)nc(N)c3)ccc12. The second-order valence-corrected chi connectivity index (χ2v) is 4.97. The molecule has 2 aromatic heterocycles. The smallest absolute Gasteiger partial charge is 0.253 e. The van der Waals surface area contributed by atoms with Crippen LogP contribution in [0.25, 0.3) is 22.0 Å². The molecular formula is C16H19N7O2. The Labute approximate surface area is 143 Å². The quantitative estimate of drug-likeness (QED) is 0.379. The van der Waals surface area contributed by atoms with E-state index < -0.39 is 5.91 Å². The summed E-state index contributed by atoms with van der Waals surface area (Å²) in [7, 11) is 1.50. The zero-order chi connectivity index (χ0) is 18.6. The summed E-state index contributed by atoms with van der Waals surface area (Å²) < 4.78 is 0. The van der Waals surface area contributed by atoms with Crippen LogP contribution in [-0.4, -0.2) is 29.3 Å². The minimum absolute atomic E-state index is 0.229. The highest BCUT2D eigenvalue weighted by atomic mass is 16.1. The van der Waals surface area contributed by atoms with Crippen molar-refractivity contribution < 1.29 is 9.59 Å². The molecular weight excluding hydrogens is 322 g/mol. The molecule has 0 aliphatic heterocycles. The largest absolute Gasteiger partial charge is 0.384 e. The van der Waals surface area contributed by atoms with Gasteiger partial charge in [-0.05, 0) is 36.4 Å². The van der Waals surface area contributed by atoms with E-state index in [-0.39, 0.29) is 11.4 Å². The molecule has 0 spiro atoms. The third-order valence-corrected chi connectivity index (χ3v) is 3.45. The maximum absolute atomic E-state index is 11.6. The number of nitrogens with two attached hydrogens (primary N) is 4. The molecule has 0 saturated carbocycles. The van der Waals surface area contributed by atoms with Crippen molar-refractivity contribution in [3.63, 3.8) is 0 Å². The first kappa shape index (κ1) is 17.8. The summed E-state index contributed by atoms with van der Waals surface area (Å²) in [5.41, 5.74) is 23.8. The molecule has 9 heteroatoms. The van der Waals surface area contributed by atoms with Gasteiger partial charge in [0.2, 0.25) is 6.41 Å². The van der Waals surface area contributed by atoms with E-state index in [0.717, 1.165) is 11.1 Å². The molecule has 25 heavy (non-hydrogen) atoms. The Bertz CT molecular complexity index is 913. The van der Waals surface area contributed by atoms with E-state index in [9.17, 15) is 9.59 Å². The molecule has 1 aromatic carbocycles. The van der Waals surface area contributed by atoms with Gasteiger partial charge in [-0.2, -0.15) is 0 Å². The lowest BCUT2D eigenvalue weighted by Gasteiger charge is -2.05. The van der Waals surface area contributed by atoms with Gasteiger partial charge in [-0.3, -0.25) is 9.59 Å². The number of aromatic nitrogens is 2. The Morgan fingerprint density at radius 3 is 2.32 bits per heavy atom. The van der Waals surface area contributed by atoms with Crippen molar-refractivity contribution in [1.29, 1.82) is 0 Å². The molecule has 0 atom stereocenters. The van der Waals surface area contributed by atoms with E-state index in [1.54, 1.807) is 18.2 Å². The Morgan fingerprint density at radius 2 is 1.76 bits per heavy atom. The highest BCUT2D eigenvalue weighted by molar-refractivity contribution is 6.12. The zero-order valence-corrected chi connectivity index (χ0v) is 13.5. The monoisotopic (exact) mass is 341 g/mol. The van der Waals surface area contributed by atoms with Crippen LogP contribution in [-0.2, 0) is 4.79 Å². The number of hydrogen-bond acceptors (Lipinski definition) is 6. The number of carbonyl (C=O) groups is 2. The Morgan fingerprint density at radius 1 is 1.12 bits per heavy atom. The first-order valence-electron chi connectivity index (χ1n) is 7.26. The minimum Gasteiger partial charge on any atom is -0.384 e. The van der Waals surface area contributed by atoms with Crippen molar-refractivity contribution in [2.24, 2.45) is 11.5 Å². The highest BCUT2D eigenvalue weighted by Crippen LogP contribution is 2.31. The van der Waals surface area contributed by atoms with E-state index >= 15 is 0 Å². The maximum Gasteiger partial charge on any atom is 0.253 e. The van der Waals surface area contributed by atoms with Crippen LogP contribution in [0.2, 0.25) is 0 Å². The molecule has 0 bridgehead atoms. The summed E-state index contributed by atoms with van der Waals surface area (Å²) in [6, 6.07) is 8.75. The highest BCUT2D eigenvalue weighted by Gasteiger charge is 2.16. The third-order valence-electron chi connectivity index (χ3n) is 3.45. The number of nitrogen functional groups attached to an aromatic ring is 2. The Hall–Kier alpha value is -3.59. The van der Waals surface area contributed by atoms with Crippen LogP contribution in [0.3, 0.4) is 0 Å². The van der Waals surface area contributed by atoms with E-state index in [4.69, 9.17) is 17.2 Å². The molecule has 3 rings (SSSR count). The molecule has 3 aromatic rings. The van der Waals surface area contributed by atoms with Crippen molar-refractivity contribution in [3.8, 4) is 11.1 Å². The number of carbonyl (C=O) groups excluding carboxylic acids is 2. The number of amides is 2. The van der Waals surface area contributed by atoms with Gasteiger partial charge in [0.1, 0.15) is 17.5 Å². The van der Waals surface area contributed by atoms with Crippen molar-refractivity contribution in [3.05, 3.63) is 35.9 Å². The number of fused-ring (bicyclic) bond motifs is 1. The first-order valence-corrected chi connectivity index (χ1v) is 7.26. The van der Waals surface area contributed by atoms with Crippen LogP contribution in [0.4, 0.5) is 17.5 Å². The van der Waals surface area contributed by atoms with E-state index in [2.05, 4.69) is 21.0 Å². The van der Waals surface area contributed by atoms with Gasteiger partial charge in [0, 0.05) is 10.9 Å². The lowest BCUT2D eigenvalue weighted by molar-refractivity contribution is -0.105. The lowest BCUT2D eigenvalue weighted by atomic mass is 10.0. The number of primary amides is 1. The van der Waals surface area contributed by atoms with E-state index in [0.29, 0.717) is 28.9 Å². The molecule has 130 valence electrons. The summed E-state index contributed by atoms with van der Waals surface area (Å²) in [6.07, 6.45) is 0.475. The van der Waals surface area contributed by atoms with Crippen molar-refractivity contribution in [2.75, 3.05) is 23.8 Å². The fourth-order valence-electron chi connectivity index (χ4n) is 2.54. The Balaban J connectivity index is 0.00000109. The summed E-state index contributed by atoms with van der Waals surface area (Å²) in [4.78, 5) is 29.2. The molecule has 0 aliphatic carbocycles. The number of rotatable bonds is 4. The van der Waals surface area contributed by atoms with Gasteiger partial charge in [-0.15, -0.1) is 0 Å². The van der Waals surface area contributed by atoms with Crippen LogP contribution in [0, 0.1) is 0 Å². The Kier molecular flexibility index (Phi) is 5.20. The second kappa shape index (κ2) is 7.32. The van der Waals surface area contributed by atoms with Crippen LogP contribution in [0.15, 0.2) is 30.3 Å². The van der Waals surface area contributed by atoms with Crippen molar-refractivity contribution >= 4 is 40.7 Å². The molecule has 10 N–H and O–H groups in total. The molecule has 2 amide bonds. The predicted octanol–water partition coefficient (Wildman–Crippen LogP) is 0.636.